The minimum absolute atomic E-state index is 0.106. The number of nitrogens with zero attached hydrogens (tertiary/aromatic N) is 1. The minimum atomic E-state index is -0.597. The van der Waals surface area contributed by atoms with Crippen molar-refractivity contribution in [1.82, 2.24) is 5.32 Å². The molecule has 90 valence electrons. The van der Waals surface area contributed by atoms with Gasteiger partial charge in [-0.3, -0.25) is 14.9 Å². The summed E-state index contributed by atoms with van der Waals surface area (Å²) in [6, 6.07) is 4.22. The van der Waals surface area contributed by atoms with Crippen LogP contribution in [0, 0.1) is 16.0 Å². The van der Waals surface area contributed by atoms with E-state index in [0.29, 0.717) is 12.5 Å². The number of nitrogens with one attached hydrogen (secondary N) is 1. The van der Waals surface area contributed by atoms with E-state index in [9.17, 15) is 14.9 Å². The molecule has 0 bridgehead atoms. The standard InChI is InChI=1S/C11H11ClN2O3/c12-10-8(2-1-3-9(10)14(16)17)11(15)13-6-7-4-5-7/h1-3,7H,4-6H2,(H,13,15). The molecule has 0 aromatic heterocycles. The summed E-state index contributed by atoms with van der Waals surface area (Å²) in [5.41, 5.74) is -0.0905. The number of hydrogen-bond donors (Lipinski definition) is 1. The maximum atomic E-state index is 11.8. The van der Waals surface area contributed by atoms with Crippen LogP contribution in [-0.4, -0.2) is 17.4 Å². The Bertz CT molecular complexity index is 472. The summed E-state index contributed by atoms with van der Waals surface area (Å²) in [5.74, 6) is 0.196. The zero-order valence-electron chi connectivity index (χ0n) is 8.98. The molecule has 0 radical (unpaired) electrons. The summed E-state index contributed by atoms with van der Waals surface area (Å²) in [7, 11) is 0. The van der Waals surface area contributed by atoms with Crippen LogP contribution >= 0.6 is 11.6 Å². The molecule has 1 saturated carbocycles. The number of hydrogen-bond acceptors (Lipinski definition) is 3. The molecule has 1 aliphatic carbocycles. The molecular weight excluding hydrogens is 244 g/mol. The monoisotopic (exact) mass is 254 g/mol. The first-order chi connectivity index (χ1) is 8.09. The normalized spacial score (nSPS) is 14.4. The Morgan fingerprint density at radius 1 is 1.53 bits per heavy atom. The van der Waals surface area contributed by atoms with Gasteiger partial charge in [-0.2, -0.15) is 0 Å². The second-order valence-corrected chi connectivity index (χ2v) is 4.43. The fourth-order valence-electron chi connectivity index (χ4n) is 1.49. The van der Waals surface area contributed by atoms with Gasteiger partial charge in [-0.1, -0.05) is 17.7 Å². The largest absolute Gasteiger partial charge is 0.352 e. The zero-order chi connectivity index (χ0) is 12.4. The van der Waals surface area contributed by atoms with Crippen LogP contribution in [0.1, 0.15) is 23.2 Å². The number of amides is 1. The molecule has 5 nitrogen and oxygen atoms in total. The molecule has 0 spiro atoms. The maximum absolute atomic E-state index is 11.8. The highest BCUT2D eigenvalue weighted by Gasteiger charge is 2.24. The van der Waals surface area contributed by atoms with E-state index >= 15 is 0 Å². The first-order valence-electron chi connectivity index (χ1n) is 5.30. The molecule has 0 atom stereocenters. The highest BCUT2D eigenvalue weighted by Crippen LogP contribution is 2.29. The van der Waals surface area contributed by atoms with Crippen molar-refractivity contribution in [2.45, 2.75) is 12.8 Å². The highest BCUT2D eigenvalue weighted by atomic mass is 35.5. The Hall–Kier alpha value is -1.62. The van der Waals surface area contributed by atoms with Crippen molar-refractivity contribution in [2.24, 2.45) is 5.92 Å². The van der Waals surface area contributed by atoms with Crippen molar-refractivity contribution in [1.29, 1.82) is 0 Å². The van der Waals surface area contributed by atoms with Gasteiger partial charge in [-0.15, -0.1) is 0 Å². The summed E-state index contributed by atoms with van der Waals surface area (Å²) in [4.78, 5) is 21.8. The summed E-state index contributed by atoms with van der Waals surface area (Å²) in [6.07, 6.45) is 2.26. The lowest BCUT2D eigenvalue weighted by atomic mass is 10.2. The third-order valence-corrected chi connectivity index (χ3v) is 3.07. The van der Waals surface area contributed by atoms with Crippen LogP contribution in [0.25, 0.3) is 0 Å². The average molecular weight is 255 g/mol. The van der Waals surface area contributed by atoms with E-state index in [1.807, 2.05) is 0 Å². The number of nitro groups is 1. The Balaban J connectivity index is 2.15. The Labute approximate surface area is 103 Å². The van der Waals surface area contributed by atoms with Crippen LogP contribution in [-0.2, 0) is 0 Å². The predicted molar refractivity (Wildman–Crippen MR) is 63.2 cm³/mol. The average Bonchev–Trinajstić information content (AvgIpc) is 3.09. The molecule has 17 heavy (non-hydrogen) atoms. The van der Waals surface area contributed by atoms with Gasteiger partial charge in [0.05, 0.1) is 10.5 Å². The van der Waals surface area contributed by atoms with Crippen molar-refractivity contribution in [3.05, 3.63) is 38.9 Å². The summed E-state index contributed by atoms with van der Waals surface area (Å²) >= 11 is 5.83. The van der Waals surface area contributed by atoms with E-state index in [2.05, 4.69) is 5.32 Å². The summed E-state index contributed by atoms with van der Waals surface area (Å²) < 4.78 is 0. The summed E-state index contributed by atoms with van der Waals surface area (Å²) in [6.45, 7) is 0.609. The molecule has 1 aromatic rings. The highest BCUT2D eigenvalue weighted by molar-refractivity contribution is 6.35. The van der Waals surface area contributed by atoms with Gasteiger partial charge in [0.2, 0.25) is 0 Å². The van der Waals surface area contributed by atoms with Gasteiger partial charge >= 0.3 is 0 Å². The molecule has 1 N–H and O–H groups in total. The zero-order valence-corrected chi connectivity index (χ0v) is 9.74. The van der Waals surface area contributed by atoms with Crippen molar-refractivity contribution in [3.8, 4) is 0 Å². The van der Waals surface area contributed by atoms with E-state index in [-0.39, 0.29) is 22.2 Å². The number of rotatable bonds is 4. The van der Waals surface area contributed by atoms with E-state index < -0.39 is 4.92 Å². The van der Waals surface area contributed by atoms with E-state index in [1.165, 1.54) is 18.2 Å². The number of carbonyl (C=O) groups excluding carboxylic acids is 1. The van der Waals surface area contributed by atoms with Crippen LogP contribution in [0.5, 0.6) is 0 Å². The molecule has 1 aromatic carbocycles. The molecule has 2 rings (SSSR count). The number of carbonyl (C=O) groups is 1. The molecule has 6 heteroatoms. The van der Waals surface area contributed by atoms with Crippen LogP contribution < -0.4 is 5.32 Å². The van der Waals surface area contributed by atoms with Gasteiger partial charge in [-0.05, 0) is 24.8 Å². The number of benzene rings is 1. The lowest BCUT2D eigenvalue weighted by molar-refractivity contribution is -0.384. The molecule has 1 aliphatic rings. The van der Waals surface area contributed by atoms with Crippen molar-refractivity contribution >= 4 is 23.2 Å². The first kappa shape index (κ1) is 11.9. The molecule has 1 amide bonds. The minimum Gasteiger partial charge on any atom is -0.352 e. The SMILES string of the molecule is O=C(NCC1CC1)c1cccc([N+](=O)[O-])c1Cl. The van der Waals surface area contributed by atoms with Crippen molar-refractivity contribution < 1.29 is 9.72 Å². The van der Waals surface area contributed by atoms with E-state index in [4.69, 9.17) is 11.6 Å². The Morgan fingerprint density at radius 3 is 2.82 bits per heavy atom. The quantitative estimate of drug-likeness (QED) is 0.662. The second-order valence-electron chi connectivity index (χ2n) is 4.05. The van der Waals surface area contributed by atoms with Crippen LogP contribution in [0.3, 0.4) is 0 Å². The van der Waals surface area contributed by atoms with Gasteiger partial charge in [0, 0.05) is 12.6 Å². The third-order valence-electron chi connectivity index (χ3n) is 2.67. The first-order valence-corrected chi connectivity index (χ1v) is 5.68. The lowest BCUT2D eigenvalue weighted by Crippen LogP contribution is -2.25. The molecule has 0 saturated heterocycles. The Kier molecular flexibility index (Phi) is 3.28. The Morgan fingerprint density at radius 2 is 2.24 bits per heavy atom. The fraction of sp³-hybridized carbons (Fsp3) is 0.364. The second kappa shape index (κ2) is 4.71. The number of halogens is 1. The van der Waals surface area contributed by atoms with Crippen molar-refractivity contribution in [3.63, 3.8) is 0 Å². The molecule has 0 aliphatic heterocycles. The number of nitro benzene ring substituents is 1. The van der Waals surface area contributed by atoms with Gasteiger partial charge in [0.1, 0.15) is 5.02 Å². The van der Waals surface area contributed by atoms with Crippen LogP contribution in [0.4, 0.5) is 5.69 Å². The smallest absolute Gasteiger partial charge is 0.288 e. The van der Waals surface area contributed by atoms with Crippen molar-refractivity contribution in [2.75, 3.05) is 6.54 Å². The molecular formula is C11H11ClN2O3. The van der Waals surface area contributed by atoms with E-state index in [1.54, 1.807) is 0 Å². The van der Waals surface area contributed by atoms with Crippen LogP contribution in [0.15, 0.2) is 18.2 Å². The van der Waals surface area contributed by atoms with Gasteiger partial charge < -0.3 is 5.32 Å². The molecule has 1 fully saturated rings. The fourth-order valence-corrected chi connectivity index (χ4v) is 1.77. The third kappa shape index (κ3) is 2.74. The van der Waals surface area contributed by atoms with Gasteiger partial charge in [-0.25, -0.2) is 0 Å². The topological polar surface area (TPSA) is 72.2 Å². The van der Waals surface area contributed by atoms with Crippen LogP contribution in [0.2, 0.25) is 5.02 Å². The predicted octanol–water partition coefficient (Wildman–Crippen LogP) is 2.39. The van der Waals surface area contributed by atoms with E-state index in [0.717, 1.165) is 12.8 Å². The maximum Gasteiger partial charge on any atom is 0.288 e. The lowest BCUT2D eigenvalue weighted by Gasteiger charge is -2.05. The summed E-state index contributed by atoms with van der Waals surface area (Å²) in [5, 5.41) is 13.3. The van der Waals surface area contributed by atoms with Gasteiger partial charge in [0.15, 0.2) is 0 Å². The molecule has 0 heterocycles. The van der Waals surface area contributed by atoms with Gasteiger partial charge in [0.25, 0.3) is 11.6 Å². The molecule has 0 unspecified atom stereocenters.